The van der Waals surface area contributed by atoms with E-state index < -0.39 is 0 Å². The number of benzene rings is 1. The third-order valence-corrected chi connectivity index (χ3v) is 1.98. The number of rotatable bonds is 6. The molecule has 0 unspecified atom stereocenters. The van der Waals surface area contributed by atoms with Crippen LogP contribution >= 0.6 is 0 Å². The molecule has 0 aliphatic rings. The largest absolute Gasteiger partial charge is 0.373 e. The topological polar surface area (TPSA) is 9.23 Å². The lowest BCUT2D eigenvalue weighted by Crippen LogP contribution is -1.89. The highest BCUT2D eigenvalue weighted by molar-refractivity contribution is 5.48. The Morgan fingerprint density at radius 3 is 2.50 bits per heavy atom. The van der Waals surface area contributed by atoms with Gasteiger partial charge in [0.1, 0.15) is 0 Å². The van der Waals surface area contributed by atoms with Gasteiger partial charge in [0.15, 0.2) is 0 Å². The van der Waals surface area contributed by atoms with Crippen LogP contribution in [-0.4, -0.2) is 13.2 Å². The molecule has 0 amide bonds. The lowest BCUT2D eigenvalue weighted by molar-refractivity contribution is 0.194. The van der Waals surface area contributed by atoms with E-state index in [-0.39, 0.29) is 0 Å². The van der Waals surface area contributed by atoms with Crippen molar-refractivity contribution in [2.45, 2.75) is 6.92 Å². The van der Waals surface area contributed by atoms with E-state index in [4.69, 9.17) is 4.74 Å². The normalized spacial score (nSPS) is 12.1. The minimum atomic E-state index is 0.648. The molecule has 1 rings (SSSR count). The Kier molecular flexibility index (Phi) is 6.77. The summed E-state index contributed by atoms with van der Waals surface area (Å²) in [6.45, 7) is 3.30. The molecule has 0 aromatic heterocycles. The molecule has 1 nitrogen and oxygen atoms in total. The molecular formula is C15H18O. The van der Waals surface area contributed by atoms with Crippen LogP contribution in [0.1, 0.15) is 12.5 Å². The van der Waals surface area contributed by atoms with E-state index in [1.807, 2.05) is 55.5 Å². The molecule has 1 aromatic carbocycles. The summed E-state index contributed by atoms with van der Waals surface area (Å²) in [7, 11) is 0. The van der Waals surface area contributed by atoms with Crippen LogP contribution in [0.2, 0.25) is 0 Å². The van der Waals surface area contributed by atoms with E-state index >= 15 is 0 Å². The summed E-state index contributed by atoms with van der Waals surface area (Å²) in [6.07, 6.45) is 12.1. The van der Waals surface area contributed by atoms with Crippen LogP contribution in [0.3, 0.4) is 0 Å². The molecule has 0 radical (unpaired) electrons. The first kappa shape index (κ1) is 12.5. The minimum absolute atomic E-state index is 0.648. The molecule has 16 heavy (non-hydrogen) atoms. The summed E-state index contributed by atoms with van der Waals surface area (Å²) in [5.74, 6) is 0. The van der Waals surface area contributed by atoms with Crippen molar-refractivity contribution in [3.05, 3.63) is 66.3 Å². The van der Waals surface area contributed by atoms with Gasteiger partial charge in [0.2, 0.25) is 0 Å². The highest BCUT2D eigenvalue weighted by Gasteiger charge is 1.82. The molecular weight excluding hydrogens is 196 g/mol. The zero-order valence-electron chi connectivity index (χ0n) is 9.67. The Morgan fingerprint density at radius 2 is 1.75 bits per heavy atom. The van der Waals surface area contributed by atoms with Gasteiger partial charge in [0, 0.05) is 0 Å². The summed E-state index contributed by atoms with van der Waals surface area (Å²) in [5, 5.41) is 0. The minimum Gasteiger partial charge on any atom is -0.373 e. The molecule has 0 bridgehead atoms. The Balaban J connectivity index is 2.14. The second-order valence-electron chi connectivity index (χ2n) is 3.30. The Labute approximate surface area is 97.8 Å². The van der Waals surface area contributed by atoms with Crippen LogP contribution in [-0.2, 0) is 4.74 Å². The number of allylic oxidation sites excluding steroid dienone is 3. The molecule has 0 atom stereocenters. The van der Waals surface area contributed by atoms with E-state index in [1.165, 1.54) is 5.56 Å². The molecule has 1 aromatic rings. The van der Waals surface area contributed by atoms with Crippen molar-refractivity contribution < 1.29 is 4.74 Å². The summed E-state index contributed by atoms with van der Waals surface area (Å²) >= 11 is 0. The van der Waals surface area contributed by atoms with Gasteiger partial charge in [-0.25, -0.2) is 0 Å². The zero-order valence-corrected chi connectivity index (χ0v) is 9.67. The van der Waals surface area contributed by atoms with Crippen molar-refractivity contribution >= 4 is 6.08 Å². The maximum absolute atomic E-state index is 5.39. The lowest BCUT2D eigenvalue weighted by Gasteiger charge is -1.94. The Hall–Kier alpha value is -1.60. The maximum atomic E-state index is 5.39. The van der Waals surface area contributed by atoms with E-state index in [2.05, 4.69) is 18.2 Å². The van der Waals surface area contributed by atoms with Crippen molar-refractivity contribution in [3.63, 3.8) is 0 Å². The highest BCUT2D eigenvalue weighted by Crippen LogP contribution is 2.00. The average Bonchev–Trinajstić information content (AvgIpc) is 2.34. The highest BCUT2D eigenvalue weighted by atomic mass is 16.5. The third kappa shape index (κ3) is 5.99. The van der Waals surface area contributed by atoms with E-state index in [9.17, 15) is 0 Å². The Bertz CT molecular complexity index is 347. The van der Waals surface area contributed by atoms with Gasteiger partial charge >= 0.3 is 0 Å². The van der Waals surface area contributed by atoms with Crippen LogP contribution in [0, 0.1) is 0 Å². The fourth-order valence-corrected chi connectivity index (χ4v) is 1.20. The molecule has 1 heteroatoms. The van der Waals surface area contributed by atoms with Gasteiger partial charge in [-0.05, 0) is 12.5 Å². The predicted molar refractivity (Wildman–Crippen MR) is 70.2 cm³/mol. The van der Waals surface area contributed by atoms with Gasteiger partial charge in [-0.1, -0.05) is 66.8 Å². The summed E-state index contributed by atoms with van der Waals surface area (Å²) in [6, 6.07) is 10.2. The Morgan fingerprint density at radius 1 is 1.00 bits per heavy atom. The van der Waals surface area contributed by atoms with Crippen molar-refractivity contribution in [2.24, 2.45) is 0 Å². The molecule has 0 fully saturated rings. The fraction of sp³-hybridized carbons (Fsp3) is 0.200. The second kappa shape index (κ2) is 8.69. The first-order chi connectivity index (χ1) is 7.93. The number of hydrogen-bond donors (Lipinski definition) is 0. The SMILES string of the molecule is C/C=C/C=C/COC/C=C/c1ccccc1. The van der Waals surface area contributed by atoms with Gasteiger partial charge in [0.05, 0.1) is 13.2 Å². The monoisotopic (exact) mass is 214 g/mol. The molecule has 0 aliphatic heterocycles. The zero-order chi connectivity index (χ0) is 11.5. The van der Waals surface area contributed by atoms with Crippen molar-refractivity contribution in [1.29, 1.82) is 0 Å². The van der Waals surface area contributed by atoms with Crippen LogP contribution in [0.4, 0.5) is 0 Å². The smallest absolute Gasteiger partial charge is 0.0655 e. The first-order valence-corrected chi connectivity index (χ1v) is 5.50. The summed E-state index contributed by atoms with van der Waals surface area (Å²) in [4.78, 5) is 0. The number of hydrogen-bond acceptors (Lipinski definition) is 1. The average molecular weight is 214 g/mol. The van der Waals surface area contributed by atoms with E-state index in [1.54, 1.807) is 0 Å². The molecule has 0 N–H and O–H groups in total. The van der Waals surface area contributed by atoms with Gasteiger partial charge in [-0.15, -0.1) is 0 Å². The quantitative estimate of drug-likeness (QED) is 0.516. The molecule has 0 saturated carbocycles. The molecule has 0 aliphatic carbocycles. The lowest BCUT2D eigenvalue weighted by atomic mass is 10.2. The van der Waals surface area contributed by atoms with Crippen molar-refractivity contribution in [2.75, 3.05) is 13.2 Å². The van der Waals surface area contributed by atoms with Crippen LogP contribution in [0.15, 0.2) is 60.7 Å². The summed E-state index contributed by atoms with van der Waals surface area (Å²) in [5.41, 5.74) is 1.20. The van der Waals surface area contributed by atoms with Gasteiger partial charge in [-0.3, -0.25) is 0 Å². The predicted octanol–water partition coefficient (Wildman–Crippen LogP) is 3.85. The standard InChI is InChI=1S/C15H18O/c1-2-3-4-8-13-16-14-9-12-15-10-6-5-7-11-15/h2-12H,13-14H2,1H3/b3-2+,8-4+,12-9+. The van der Waals surface area contributed by atoms with E-state index in [0.717, 1.165) is 0 Å². The van der Waals surface area contributed by atoms with Gasteiger partial charge < -0.3 is 4.74 Å². The van der Waals surface area contributed by atoms with Gasteiger partial charge in [0.25, 0.3) is 0 Å². The fourth-order valence-electron chi connectivity index (χ4n) is 1.20. The van der Waals surface area contributed by atoms with Crippen LogP contribution in [0.25, 0.3) is 6.08 Å². The van der Waals surface area contributed by atoms with Crippen LogP contribution < -0.4 is 0 Å². The molecule has 0 spiro atoms. The summed E-state index contributed by atoms with van der Waals surface area (Å²) < 4.78 is 5.39. The third-order valence-electron chi connectivity index (χ3n) is 1.98. The second-order valence-corrected chi connectivity index (χ2v) is 3.30. The van der Waals surface area contributed by atoms with Crippen molar-refractivity contribution in [1.82, 2.24) is 0 Å². The molecule has 0 saturated heterocycles. The van der Waals surface area contributed by atoms with E-state index in [0.29, 0.717) is 13.2 Å². The number of ether oxygens (including phenoxy) is 1. The maximum Gasteiger partial charge on any atom is 0.0655 e. The molecule has 84 valence electrons. The molecule has 0 heterocycles. The van der Waals surface area contributed by atoms with Crippen LogP contribution in [0.5, 0.6) is 0 Å². The van der Waals surface area contributed by atoms with Crippen molar-refractivity contribution in [3.8, 4) is 0 Å². The first-order valence-electron chi connectivity index (χ1n) is 5.50. The van der Waals surface area contributed by atoms with Gasteiger partial charge in [-0.2, -0.15) is 0 Å².